The van der Waals surface area contributed by atoms with Crippen molar-refractivity contribution in [1.82, 2.24) is 0 Å². The summed E-state index contributed by atoms with van der Waals surface area (Å²) in [7, 11) is 1.28. The fourth-order valence-corrected chi connectivity index (χ4v) is 1.23. The minimum atomic E-state index is -0.652. The third kappa shape index (κ3) is 1.62. The van der Waals surface area contributed by atoms with Crippen molar-refractivity contribution in [2.24, 2.45) is 0 Å². The molecule has 74 valence electrons. The molecule has 0 saturated carbocycles. The fraction of sp³-hybridized carbons (Fsp3) is 0.300. The Kier molecular flexibility index (Phi) is 2.92. The number of methoxy groups -OCH3 is 1. The molecular weight excluding hydrogens is 185 g/mol. The van der Waals surface area contributed by atoms with Gasteiger partial charge < -0.3 is 9.84 Å². The molecule has 0 unspecified atom stereocenters. The summed E-state index contributed by atoms with van der Waals surface area (Å²) in [5.41, 5.74) is 0.952. The van der Waals surface area contributed by atoms with Crippen LogP contribution in [0.25, 0.3) is 0 Å². The van der Waals surface area contributed by atoms with Crippen LogP contribution in [0.15, 0.2) is 6.07 Å². The predicted octanol–water partition coefficient (Wildman–Crippen LogP) is 1.91. The summed E-state index contributed by atoms with van der Waals surface area (Å²) in [6, 6.07) is 3.10. The lowest BCUT2D eigenvalue weighted by molar-refractivity contribution is 0.349. The first-order valence-electron chi connectivity index (χ1n) is 4.03. The normalized spacial score (nSPS) is 9.57. The average Bonchev–Trinajstić information content (AvgIpc) is 2.15. The van der Waals surface area contributed by atoms with Gasteiger partial charge >= 0.3 is 0 Å². The molecule has 0 aliphatic carbocycles. The van der Waals surface area contributed by atoms with Gasteiger partial charge in [-0.05, 0) is 24.1 Å². The molecule has 0 spiro atoms. The van der Waals surface area contributed by atoms with Crippen LogP contribution in [0.3, 0.4) is 0 Å². The Labute approximate surface area is 81.4 Å². The quantitative estimate of drug-likeness (QED) is 0.784. The highest BCUT2D eigenvalue weighted by Crippen LogP contribution is 2.34. The Hall–Kier alpha value is -1.76. The molecule has 0 heterocycles. The highest BCUT2D eigenvalue weighted by atomic mass is 19.1. The third-order valence-electron chi connectivity index (χ3n) is 2.04. The molecule has 1 aromatic carbocycles. The minimum absolute atomic E-state index is 0.0697. The van der Waals surface area contributed by atoms with E-state index >= 15 is 0 Å². The Balaban J connectivity index is 3.34. The molecule has 0 aromatic heterocycles. The van der Waals surface area contributed by atoms with Crippen molar-refractivity contribution < 1.29 is 14.2 Å². The maximum absolute atomic E-state index is 13.2. The molecule has 0 saturated heterocycles. The number of nitrogens with zero attached hydrogens (tertiary/aromatic N) is 1. The van der Waals surface area contributed by atoms with E-state index in [-0.39, 0.29) is 17.9 Å². The molecule has 3 nitrogen and oxygen atoms in total. The summed E-state index contributed by atoms with van der Waals surface area (Å²) in [6.07, 6.45) is 0.0697. The summed E-state index contributed by atoms with van der Waals surface area (Å²) >= 11 is 0. The van der Waals surface area contributed by atoms with Gasteiger partial charge in [-0.1, -0.05) is 0 Å². The van der Waals surface area contributed by atoms with E-state index in [1.807, 2.05) is 6.07 Å². The molecule has 4 heteroatoms. The molecule has 0 amide bonds. The molecule has 0 atom stereocenters. The van der Waals surface area contributed by atoms with Gasteiger partial charge in [0.05, 0.1) is 19.6 Å². The van der Waals surface area contributed by atoms with Crippen molar-refractivity contribution >= 4 is 0 Å². The van der Waals surface area contributed by atoms with Gasteiger partial charge in [-0.3, -0.25) is 0 Å². The zero-order chi connectivity index (χ0) is 10.7. The number of phenols is 1. The maximum Gasteiger partial charge on any atom is 0.196 e. The van der Waals surface area contributed by atoms with Crippen molar-refractivity contribution in [3.63, 3.8) is 0 Å². The molecule has 0 radical (unpaired) electrons. The number of halogens is 1. The lowest BCUT2D eigenvalue weighted by atomic mass is 10.0. The molecule has 1 rings (SSSR count). The van der Waals surface area contributed by atoms with Gasteiger partial charge in [0, 0.05) is 0 Å². The zero-order valence-corrected chi connectivity index (χ0v) is 7.97. The summed E-state index contributed by atoms with van der Waals surface area (Å²) < 4.78 is 17.9. The molecule has 1 aromatic rings. The number of hydrogen-bond donors (Lipinski definition) is 1. The van der Waals surface area contributed by atoms with Crippen LogP contribution in [0.2, 0.25) is 0 Å². The fourth-order valence-electron chi connectivity index (χ4n) is 1.23. The van der Waals surface area contributed by atoms with Gasteiger partial charge in [0.1, 0.15) is 0 Å². The largest absolute Gasteiger partial charge is 0.504 e. The smallest absolute Gasteiger partial charge is 0.196 e. The number of benzene rings is 1. The first kappa shape index (κ1) is 10.3. The van der Waals surface area contributed by atoms with Gasteiger partial charge in [-0.15, -0.1) is 0 Å². The summed E-state index contributed by atoms with van der Waals surface area (Å²) in [6.45, 7) is 1.62. The lowest BCUT2D eigenvalue weighted by Crippen LogP contribution is -1.95. The van der Waals surface area contributed by atoms with Crippen LogP contribution in [-0.2, 0) is 6.42 Å². The molecular formula is C10H10FNO2. The second kappa shape index (κ2) is 3.97. The monoisotopic (exact) mass is 195 g/mol. The Morgan fingerprint density at radius 3 is 2.79 bits per heavy atom. The Morgan fingerprint density at radius 1 is 1.64 bits per heavy atom. The number of aromatic hydroxyl groups is 1. The van der Waals surface area contributed by atoms with E-state index in [0.29, 0.717) is 11.1 Å². The van der Waals surface area contributed by atoms with Gasteiger partial charge in [0.15, 0.2) is 17.3 Å². The standard InChI is InChI=1S/C10H10FNO2/c1-6-7(3-4-12)5-8(11)10(14-2)9(6)13/h5,13H,3H2,1-2H3. The summed E-state index contributed by atoms with van der Waals surface area (Å²) in [5, 5.41) is 18.0. The SMILES string of the molecule is COc1c(F)cc(CC#N)c(C)c1O. The molecule has 1 N–H and O–H groups in total. The average molecular weight is 195 g/mol. The Bertz CT molecular complexity index is 396. The van der Waals surface area contributed by atoms with Crippen LogP contribution in [0.5, 0.6) is 11.5 Å². The van der Waals surface area contributed by atoms with Crippen LogP contribution >= 0.6 is 0 Å². The first-order valence-corrected chi connectivity index (χ1v) is 4.03. The first-order chi connectivity index (χ1) is 6.61. The maximum atomic E-state index is 13.2. The molecule has 14 heavy (non-hydrogen) atoms. The topological polar surface area (TPSA) is 53.2 Å². The third-order valence-corrected chi connectivity index (χ3v) is 2.04. The second-order valence-corrected chi connectivity index (χ2v) is 2.86. The molecule has 0 fully saturated rings. The van der Waals surface area contributed by atoms with Crippen LogP contribution in [0, 0.1) is 24.1 Å². The van der Waals surface area contributed by atoms with E-state index in [4.69, 9.17) is 5.26 Å². The Morgan fingerprint density at radius 2 is 2.29 bits per heavy atom. The van der Waals surface area contributed by atoms with E-state index in [1.54, 1.807) is 6.92 Å². The second-order valence-electron chi connectivity index (χ2n) is 2.86. The van der Waals surface area contributed by atoms with Crippen molar-refractivity contribution in [3.05, 3.63) is 23.0 Å². The highest BCUT2D eigenvalue weighted by Gasteiger charge is 2.14. The highest BCUT2D eigenvalue weighted by molar-refractivity contribution is 5.50. The number of nitriles is 1. The van der Waals surface area contributed by atoms with Crippen LogP contribution in [0.4, 0.5) is 4.39 Å². The van der Waals surface area contributed by atoms with Gasteiger partial charge in [-0.2, -0.15) is 5.26 Å². The van der Waals surface area contributed by atoms with Crippen molar-refractivity contribution in [1.29, 1.82) is 5.26 Å². The summed E-state index contributed by atoms with van der Waals surface area (Å²) in [5.74, 6) is -1.07. The number of ether oxygens (including phenoxy) is 1. The zero-order valence-electron chi connectivity index (χ0n) is 7.97. The van der Waals surface area contributed by atoms with Crippen LogP contribution in [0.1, 0.15) is 11.1 Å². The van der Waals surface area contributed by atoms with Gasteiger partial charge in [0.25, 0.3) is 0 Å². The summed E-state index contributed by atoms with van der Waals surface area (Å²) in [4.78, 5) is 0. The number of hydrogen-bond acceptors (Lipinski definition) is 3. The van der Waals surface area contributed by atoms with Crippen molar-refractivity contribution in [2.75, 3.05) is 7.11 Å². The molecule has 0 bridgehead atoms. The van der Waals surface area contributed by atoms with E-state index < -0.39 is 5.82 Å². The minimum Gasteiger partial charge on any atom is -0.504 e. The molecule has 0 aliphatic heterocycles. The van der Waals surface area contributed by atoms with E-state index in [0.717, 1.165) is 0 Å². The lowest BCUT2D eigenvalue weighted by Gasteiger charge is -2.10. The van der Waals surface area contributed by atoms with Crippen molar-refractivity contribution in [3.8, 4) is 17.6 Å². The van der Waals surface area contributed by atoms with E-state index in [2.05, 4.69) is 4.74 Å². The van der Waals surface area contributed by atoms with Crippen LogP contribution < -0.4 is 4.74 Å². The number of phenolic OH excluding ortho intramolecular Hbond substituents is 1. The van der Waals surface area contributed by atoms with Gasteiger partial charge in [-0.25, -0.2) is 4.39 Å². The number of rotatable bonds is 2. The van der Waals surface area contributed by atoms with E-state index in [1.165, 1.54) is 13.2 Å². The van der Waals surface area contributed by atoms with Crippen molar-refractivity contribution in [2.45, 2.75) is 13.3 Å². The van der Waals surface area contributed by atoms with Gasteiger partial charge in [0.2, 0.25) is 0 Å². The predicted molar refractivity (Wildman–Crippen MR) is 48.7 cm³/mol. The molecule has 0 aliphatic rings. The van der Waals surface area contributed by atoms with Crippen LogP contribution in [-0.4, -0.2) is 12.2 Å². The van der Waals surface area contributed by atoms with E-state index in [9.17, 15) is 9.50 Å².